The van der Waals surface area contributed by atoms with Crippen LogP contribution in [0.5, 0.6) is 5.75 Å². The summed E-state index contributed by atoms with van der Waals surface area (Å²) in [6, 6.07) is 9.78. The van der Waals surface area contributed by atoms with E-state index in [-0.39, 0.29) is 24.0 Å². The van der Waals surface area contributed by atoms with Gasteiger partial charge >= 0.3 is 0 Å². The maximum absolute atomic E-state index is 12.1. The minimum atomic E-state index is -0.198. The van der Waals surface area contributed by atoms with Gasteiger partial charge in [-0.3, -0.25) is 4.79 Å². The lowest BCUT2D eigenvalue weighted by molar-refractivity contribution is -0.118. The second-order valence-electron chi connectivity index (χ2n) is 6.84. The Kier molecular flexibility index (Phi) is 5.08. The van der Waals surface area contributed by atoms with Crippen LogP contribution in [0.3, 0.4) is 0 Å². The van der Waals surface area contributed by atoms with Gasteiger partial charge in [0, 0.05) is 12.1 Å². The van der Waals surface area contributed by atoms with Gasteiger partial charge in [0.1, 0.15) is 11.6 Å². The molecule has 1 heterocycles. The molecule has 0 saturated heterocycles. The van der Waals surface area contributed by atoms with Gasteiger partial charge in [-0.05, 0) is 30.9 Å². The smallest absolute Gasteiger partial charge is 0.263 e. The van der Waals surface area contributed by atoms with Crippen LogP contribution in [0.4, 0.5) is 5.82 Å². The molecule has 1 N–H and O–H groups in total. The summed E-state index contributed by atoms with van der Waals surface area (Å²) in [5, 5.41) is 7.03. The third kappa shape index (κ3) is 4.34. The van der Waals surface area contributed by atoms with Crippen LogP contribution >= 0.6 is 0 Å². The number of para-hydroxylation sites is 1. The molecule has 0 spiro atoms. The molecule has 23 heavy (non-hydrogen) atoms. The monoisotopic (exact) mass is 315 g/mol. The zero-order valence-corrected chi connectivity index (χ0v) is 14.5. The fourth-order valence-electron chi connectivity index (χ4n) is 2.36. The van der Waals surface area contributed by atoms with Crippen molar-refractivity contribution in [1.82, 2.24) is 9.78 Å². The zero-order chi connectivity index (χ0) is 17.0. The summed E-state index contributed by atoms with van der Waals surface area (Å²) in [7, 11) is 0. The van der Waals surface area contributed by atoms with Gasteiger partial charge in [-0.15, -0.1) is 0 Å². The van der Waals surface area contributed by atoms with Crippen molar-refractivity contribution in [3.63, 3.8) is 0 Å². The van der Waals surface area contributed by atoms with Crippen molar-refractivity contribution in [1.29, 1.82) is 0 Å². The number of carbonyl (C=O) groups is 1. The molecular weight excluding hydrogens is 290 g/mol. The largest absolute Gasteiger partial charge is 0.483 e. The lowest BCUT2D eigenvalue weighted by atomic mass is 9.86. The molecule has 5 heteroatoms. The third-order valence-corrected chi connectivity index (χ3v) is 3.48. The Morgan fingerprint density at radius 1 is 1.26 bits per heavy atom. The third-order valence-electron chi connectivity index (χ3n) is 3.48. The predicted molar refractivity (Wildman–Crippen MR) is 91.9 cm³/mol. The first kappa shape index (κ1) is 17.1. The first-order valence-corrected chi connectivity index (χ1v) is 7.84. The second-order valence-corrected chi connectivity index (χ2v) is 6.84. The Morgan fingerprint density at radius 2 is 1.96 bits per heavy atom. The fraction of sp³-hybridized carbons (Fsp3) is 0.444. The number of aromatic nitrogens is 2. The van der Waals surface area contributed by atoms with Gasteiger partial charge in [0.05, 0.1) is 6.20 Å². The standard InChI is InChI=1S/C18H25N3O2/c1-13(2)21-16(10-11-19-21)20-17(22)12-23-15-9-7-6-8-14(15)18(3,4)5/h6-11,13H,12H2,1-5H3,(H,20,22). The van der Waals surface area contributed by atoms with Crippen LogP contribution in [0, 0.1) is 0 Å². The van der Waals surface area contributed by atoms with Crippen LogP contribution in [0.1, 0.15) is 46.2 Å². The number of ether oxygens (including phenoxy) is 1. The Morgan fingerprint density at radius 3 is 2.61 bits per heavy atom. The molecule has 0 unspecified atom stereocenters. The summed E-state index contributed by atoms with van der Waals surface area (Å²) in [6.45, 7) is 10.4. The van der Waals surface area contributed by atoms with Crippen LogP contribution in [0.2, 0.25) is 0 Å². The van der Waals surface area contributed by atoms with E-state index in [1.165, 1.54) is 0 Å². The molecule has 1 aromatic carbocycles. The van der Waals surface area contributed by atoms with Crippen molar-refractivity contribution in [3.05, 3.63) is 42.1 Å². The van der Waals surface area contributed by atoms with Crippen molar-refractivity contribution in [3.8, 4) is 5.75 Å². The normalized spacial score (nSPS) is 11.6. The van der Waals surface area contributed by atoms with Gasteiger partial charge in [-0.1, -0.05) is 39.0 Å². The van der Waals surface area contributed by atoms with E-state index in [1.54, 1.807) is 16.9 Å². The molecule has 5 nitrogen and oxygen atoms in total. The molecular formula is C18H25N3O2. The number of nitrogens with one attached hydrogen (secondary N) is 1. The molecule has 1 aromatic heterocycles. The number of hydrogen-bond donors (Lipinski definition) is 1. The number of rotatable bonds is 5. The van der Waals surface area contributed by atoms with Gasteiger partial charge in [-0.2, -0.15) is 5.10 Å². The highest BCUT2D eigenvalue weighted by Crippen LogP contribution is 2.30. The summed E-state index contributed by atoms with van der Waals surface area (Å²) < 4.78 is 7.50. The second kappa shape index (κ2) is 6.86. The van der Waals surface area contributed by atoms with Gasteiger partial charge in [-0.25, -0.2) is 4.68 Å². The molecule has 1 amide bonds. The van der Waals surface area contributed by atoms with E-state index >= 15 is 0 Å². The molecule has 0 radical (unpaired) electrons. The van der Waals surface area contributed by atoms with E-state index in [0.717, 1.165) is 11.3 Å². The van der Waals surface area contributed by atoms with Crippen LogP contribution < -0.4 is 10.1 Å². The molecule has 2 aromatic rings. The van der Waals surface area contributed by atoms with E-state index in [2.05, 4.69) is 31.2 Å². The predicted octanol–water partition coefficient (Wildman–Crippen LogP) is 3.78. The average Bonchev–Trinajstić information content (AvgIpc) is 2.92. The van der Waals surface area contributed by atoms with Crippen molar-refractivity contribution in [2.24, 2.45) is 0 Å². The highest BCUT2D eigenvalue weighted by atomic mass is 16.5. The number of carbonyl (C=O) groups excluding carboxylic acids is 1. The van der Waals surface area contributed by atoms with Crippen molar-refractivity contribution in [2.45, 2.75) is 46.1 Å². The molecule has 0 aliphatic rings. The Labute approximate surface area is 137 Å². The molecule has 0 saturated carbocycles. The first-order valence-electron chi connectivity index (χ1n) is 7.84. The maximum Gasteiger partial charge on any atom is 0.263 e. The Hall–Kier alpha value is -2.30. The lowest BCUT2D eigenvalue weighted by Crippen LogP contribution is -2.23. The van der Waals surface area contributed by atoms with E-state index in [0.29, 0.717) is 5.82 Å². The van der Waals surface area contributed by atoms with Crippen molar-refractivity contribution in [2.75, 3.05) is 11.9 Å². The van der Waals surface area contributed by atoms with Gasteiger partial charge in [0.15, 0.2) is 6.61 Å². The van der Waals surface area contributed by atoms with E-state index < -0.39 is 0 Å². The Bertz CT molecular complexity index is 669. The van der Waals surface area contributed by atoms with Crippen LogP contribution in [0.25, 0.3) is 0 Å². The van der Waals surface area contributed by atoms with E-state index in [1.807, 2.05) is 38.1 Å². The first-order chi connectivity index (χ1) is 10.8. The van der Waals surface area contributed by atoms with E-state index in [9.17, 15) is 4.79 Å². The summed E-state index contributed by atoms with van der Waals surface area (Å²) in [6.07, 6.45) is 1.67. The minimum Gasteiger partial charge on any atom is -0.483 e. The molecule has 0 aliphatic heterocycles. The average molecular weight is 315 g/mol. The topological polar surface area (TPSA) is 56.2 Å². The number of benzene rings is 1. The van der Waals surface area contributed by atoms with Crippen molar-refractivity contribution >= 4 is 11.7 Å². The van der Waals surface area contributed by atoms with E-state index in [4.69, 9.17) is 4.74 Å². The SMILES string of the molecule is CC(C)n1nccc1NC(=O)COc1ccccc1C(C)(C)C. The minimum absolute atomic E-state index is 0.0314. The van der Waals surface area contributed by atoms with Gasteiger partial charge in [0.25, 0.3) is 5.91 Å². The van der Waals surface area contributed by atoms with Crippen LogP contribution in [0.15, 0.2) is 36.5 Å². The Balaban J connectivity index is 2.02. The van der Waals surface area contributed by atoms with Crippen LogP contribution in [-0.2, 0) is 10.2 Å². The molecule has 0 bridgehead atoms. The quantitative estimate of drug-likeness (QED) is 0.913. The van der Waals surface area contributed by atoms with Crippen molar-refractivity contribution < 1.29 is 9.53 Å². The summed E-state index contributed by atoms with van der Waals surface area (Å²) in [4.78, 5) is 12.1. The summed E-state index contributed by atoms with van der Waals surface area (Å²) in [5.41, 5.74) is 1.04. The summed E-state index contributed by atoms with van der Waals surface area (Å²) in [5.74, 6) is 1.22. The fourth-order valence-corrected chi connectivity index (χ4v) is 2.36. The summed E-state index contributed by atoms with van der Waals surface area (Å²) >= 11 is 0. The molecule has 2 rings (SSSR count). The molecule has 124 valence electrons. The molecule has 0 fully saturated rings. The van der Waals surface area contributed by atoms with Gasteiger partial charge < -0.3 is 10.1 Å². The number of amides is 1. The van der Waals surface area contributed by atoms with Gasteiger partial charge in [0.2, 0.25) is 0 Å². The molecule has 0 atom stereocenters. The highest BCUT2D eigenvalue weighted by Gasteiger charge is 2.19. The highest BCUT2D eigenvalue weighted by molar-refractivity contribution is 5.91. The molecule has 0 aliphatic carbocycles. The zero-order valence-electron chi connectivity index (χ0n) is 14.5. The van der Waals surface area contributed by atoms with Crippen LogP contribution in [-0.4, -0.2) is 22.3 Å². The maximum atomic E-state index is 12.1. The number of nitrogens with zero attached hydrogens (tertiary/aromatic N) is 2. The number of hydrogen-bond acceptors (Lipinski definition) is 3. The number of anilines is 1. The lowest BCUT2D eigenvalue weighted by Gasteiger charge is -2.22.